The van der Waals surface area contributed by atoms with E-state index in [0.717, 1.165) is 24.3 Å². The fourth-order valence-corrected chi connectivity index (χ4v) is 3.77. The van der Waals surface area contributed by atoms with Gasteiger partial charge in [-0.1, -0.05) is 23.8 Å². The van der Waals surface area contributed by atoms with Gasteiger partial charge in [-0.15, -0.1) is 0 Å². The van der Waals surface area contributed by atoms with Crippen molar-refractivity contribution < 1.29 is 75.3 Å². The fraction of sp³-hybridized carbons (Fsp3) is 0.200. The minimum atomic E-state index is -5.35. The number of benzene rings is 4. The Labute approximate surface area is 255 Å². The van der Waals surface area contributed by atoms with E-state index in [1.54, 1.807) is 6.92 Å². The molecule has 0 aliphatic heterocycles. The molecule has 254 valence electrons. The minimum Gasteiger partial charge on any atom is -0.429 e. The number of alkyl halides is 10. The molecule has 4 aromatic carbocycles. The maximum Gasteiger partial charge on any atom is 0.429 e. The lowest BCUT2D eigenvalue weighted by atomic mass is 10.1. The van der Waals surface area contributed by atoms with Crippen molar-refractivity contribution in [2.24, 2.45) is 0 Å². The Bertz CT molecular complexity index is 1680. The van der Waals surface area contributed by atoms with Crippen molar-refractivity contribution in [2.45, 2.75) is 38.4 Å². The maximum absolute atomic E-state index is 13.9. The molecule has 0 aliphatic carbocycles. The molecule has 0 bridgehead atoms. The molecule has 0 atom stereocenters. The lowest BCUT2D eigenvalue weighted by Gasteiger charge is -2.20. The van der Waals surface area contributed by atoms with Crippen LogP contribution in [0.2, 0.25) is 0 Å². The van der Waals surface area contributed by atoms with Crippen LogP contribution in [0.3, 0.4) is 0 Å². The predicted octanol–water partition coefficient (Wildman–Crippen LogP) is 11.0. The first-order chi connectivity index (χ1) is 21.4. The van der Waals surface area contributed by atoms with Crippen LogP contribution in [-0.4, -0.2) is 0 Å². The van der Waals surface area contributed by atoms with Gasteiger partial charge in [-0.2, -0.15) is 43.9 Å². The van der Waals surface area contributed by atoms with Gasteiger partial charge in [0.1, 0.15) is 51.7 Å². The van der Waals surface area contributed by atoms with Crippen LogP contribution in [0.25, 0.3) is 0 Å². The van der Waals surface area contributed by atoms with Crippen molar-refractivity contribution >= 4 is 0 Å². The third kappa shape index (κ3) is 9.04. The molecule has 0 heterocycles. The third-order valence-corrected chi connectivity index (χ3v) is 5.92. The summed E-state index contributed by atoms with van der Waals surface area (Å²) < 4.78 is 205. The van der Waals surface area contributed by atoms with E-state index < -0.39 is 87.4 Å². The van der Waals surface area contributed by atoms with E-state index in [9.17, 15) is 65.9 Å². The summed E-state index contributed by atoms with van der Waals surface area (Å²) in [6.45, 7) is 3.09. The highest BCUT2D eigenvalue weighted by atomic mass is 19.4. The Balaban J connectivity index is 0.000000256. The summed E-state index contributed by atoms with van der Waals surface area (Å²) >= 11 is 0. The van der Waals surface area contributed by atoms with Gasteiger partial charge in [-0.25, -0.2) is 22.0 Å². The molecule has 2 nitrogen and oxygen atoms in total. The number of halogens is 15. The van der Waals surface area contributed by atoms with Crippen molar-refractivity contribution in [3.05, 3.63) is 129 Å². The second kappa shape index (κ2) is 13.3. The third-order valence-electron chi connectivity index (χ3n) is 5.92. The van der Waals surface area contributed by atoms with Crippen molar-refractivity contribution in [2.75, 3.05) is 0 Å². The van der Waals surface area contributed by atoms with Crippen molar-refractivity contribution in [1.29, 1.82) is 0 Å². The van der Waals surface area contributed by atoms with Gasteiger partial charge in [-0.3, -0.25) is 0 Å². The lowest BCUT2D eigenvalue weighted by Crippen LogP contribution is -2.24. The number of hydrogen-bond acceptors (Lipinski definition) is 2. The van der Waals surface area contributed by atoms with Crippen LogP contribution in [0, 0.1) is 42.9 Å². The summed E-state index contributed by atoms with van der Waals surface area (Å²) in [5.41, 5.74) is -5.21. The van der Waals surface area contributed by atoms with E-state index >= 15 is 0 Å². The van der Waals surface area contributed by atoms with Gasteiger partial charge in [0.15, 0.2) is 0 Å². The molecule has 0 aromatic heterocycles. The quantitative estimate of drug-likeness (QED) is 0.187. The summed E-state index contributed by atoms with van der Waals surface area (Å²) in [4.78, 5) is 0. The van der Waals surface area contributed by atoms with E-state index in [0.29, 0.717) is 17.2 Å². The molecule has 0 aliphatic rings. The van der Waals surface area contributed by atoms with Crippen LogP contribution in [0.5, 0.6) is 11.5 Å². The maximum atomic E-state index is 13.9. The van der Waals surface area contributed by atoms with Crippen molar-refractivity contribution in [3.8, 4) is 11.5 Å². The average molecular weight is 694 g/mol. The van der Waals surface area contributed by atoms with Gasteiger partial charge in [0, 0.05) is 24.3 Å². The molecule has 4 aromatic rings. The Hall–Kier alpha value is -4.57. The molecular formula is C30H17F15O2. The molecular weight excluding hydrogens is 677 g/mol. The van der Waals surface area contributed by atoms with Gasteiger partial charge < -0.3 is 9.47 Å². The zero-order valence-electron chi connectivity index (χ0n) is 23.3. The number of aryl methyl sites for hydroxylation is 2. The Morgan fingerprint density at radius 3 is 1.15 bits per heavy atom. The van der Waals surface area contributed by atoms with Crippen LogP contribution < -0.4 is 9.47 Å². The summed E-state index contributed by atoms with van der Waals surface area (Å²) in [5.74, 6) is -11.9. The SMILES string of the molecule is Cc1ccc(C(F)(F)Oc2cc(F)c(C(F)(F)F)c(F)c2)c(F)c1.Cc1ccc(C(F)(F)Oc2cc(F)c(C(F)(F)F)c(F)c2)cc1. The lowest BCUT2D eigenvalue weighted by molar-refractivity contribution is -0.188. The highest BCUT2D eigenvalue weighted by Crippen LogP contribution is 2.40. The second-order valence-corrected chi connectivity index (χ2v) is 9.61. The van der Waals surface area contributed by atoms with E-state index in [1.807, 2.05) is 0 Å². The van der Waals surface area contributed by atoms with E-state index in [2.05, 4.69) is 9.47 Å². The van der Waals surface area contributed by atoms with Gasteiger partial charge in [0.25, 0.3) is 0 Å². The largest absolute Gasteiger partial charge is 0.429 e. The second-order valence-electron chi connectivity index (χ2n) is 9.61. The standard InChI is InChI=1S/C15H8F8O.C15H9F7O/c1-7-2-3-9(10(16)4-7)15(22,23)24-8-5-11(17)13(12(18)6-8)14(19,20)21;1-8-2-4-9(5-3-8)15(21,22)23-10-6-11(16)13(12(17)7-10)14(18,19)20/h2-6H,1H3;2-7H,1H3. The molecule has 0 N–H and O–H groups in total. The number of rotatable bonds is 6. The van der Waals surface area contributed by atoms with Crippen LogP contribution in [0.1, 0.15) is 33.4 Å². The van der Waals surface area contributed by atoms with Crippen molar-refractivity contribution in [3.63, 3.8) is 0 Å². The molecule has 0 fully saturated rings. The van der Waals surface area contributed by atoms with Gasteiger partial charge in [0.2, 0.25) is 0 Å². The van der Waals surface area contributed by atoms with E-state index in [-0.39, 0.29) is 24.3 Å². The first-order valence-electron chi connectivity index (χ1n) is 12.5. The van der Waals surface area contributed by atoms with Crippen LogP contribution in [0.4, 0.5) is 65.9 Å². The summed E-state index contributed by atoms with van der Waals surface area (Å²) in [5, 5.41) is 0. The van der Waals surface area contributed by atoms with Gasteiger partial charge in [0.05, 0.1) is 11.1 Å². The molecule has 4 rings (SSSR count). The first kappa shape index (κ1) is 36.9. The topological polar surface area (TPSA) is 18.5 Å². The van der Waals surface area contributed by atoms with Crippen molar-refractivity contribution in [1.82, 2.24) is 0 Å². The van der Waals surface area contributed by atoms with Gasteiger partial charge in [-0.05, 0) is 43.7 Å². The molecule has 0 unspecified atom stereocenters. The van der Waals surface area contributed by atoms with E-state index in [4.69, 9.17) is 0 Å². The Morgan fingerprint density at radius 1 is 0.426 bits per heavy atom. The van der Waals surface area contributed by atoms with Crippen LogP contribution in [-0.2, 0) is 24.6 Å². The molecule has 47 heavy (non-hydrogen) atoms. The molecule has 0 saturated carbocycles. The van der Waals surface area contributed by atoms with Gasteiger partial charge >= 0.3 is 24.6 Å². The molecule has 0 saturated heterocycles. The minimum absolute atomic E-state index is 0.0497. The van der Waals surface area contributed by atoms with Crippen LogP contribution >= 0.6 is 0 Å². The molecule has 0 spiro atoms. The normalized spacial score (nSPS) is 12.4. The fourth-order valence-electron chi connectivity index (χ4n) is 3.77. The Morgan fingerprint density at radius 2 is 0.787 bits per heavy atom. The smallest absolute Gasteiger partial charge is 0.429 e. The summed E-state index contributed by atoms with van der Waals surface area (Å²) in [6.07, 6.45) is -19.0. The predicted molar refractivity (Wildman–Crippen MR) is 134 cm³/mol. The molecule has 17 heteroatoms. The van der Waals surface area contributed by atoms with E-state index in [1.165, 1.54) is 19.1 Å². The zero-order chi connectivity index (χ0) is 35.7. The average Bonchev–Trinajstić information content (AvgIpc) is 2.86. The zero-order valence-corrected chi connectivity index (χ0v) is 23.3. The highest BCUT2D eigenvalue weighted by molar-refractivity contribution is 5.35. The Kier molecular flexibility index (Phi) is 10.4. The molecule has 0 amide bonds. The number of ether oxygens (including phenoxy) is 2. The first-order valence-corrected chi connectivity index (χ1v) is 12.5. The summed E-state index contributed by atoms with van der Waals surface area (Å²) in [6, 6.07) is 7.44. The monoisotopic (exact) mass is 694 g/mol. The molecule has 0 radical (unpaired) electrons. The number of hydrogen-bond donors (Lipinski definition) is 0. The van der Waals surface area contributed by atoms with Crippen LogP contribution in [0.15, 0.2) is 66.7 Å². The highest BCUT2D eigenvalue weighted by Gasteiger charge is 2.42. The summed E-state index contributed by atoms with van der Waals surface area (Å²) in [7, 11) is 0.